The van der Waals surface area contributed by atoms with Crippen molar-refractivity contribution in [1.29, 1.82) is 0 Å². The summed E-state index contributed by atoms with van der Waals surface area (Å²) < 4.78 is 28.2. The number of carbonyl (C=O) groups excluding carboxylic acids is 1. The Bertz CT molecular complexity index is 1550. The fourth-order valence-corrected chi connectivity index (χ4v) is 5.16. The number of hydrogen-bond donors (Lipinski definition) is 1. The van der Waals surface area contributed by atoms with Crippen molar-refractivity contribution < 1.29 is 13.2 Å². The molecule has 37 heavy (non-hydrogen) atoms. The van der Waals surface area contributed by atoms with Crippen LogP contribution in [0.1, 0.15) is 32.9 Å². The molecule has 1 heterocycles. The minimum absolute atomic E-state index is 0.198. The predicted molar refractivity (Wildman–Crippen MR) is 149 cm³/mol. The van der Waals surface area contributed by atoms with Crippen LogP contribution in [0.4, 0.5) is 5.69 Å². The Morgan fingerprint density at radius 1 is 1.00 bits per heavy atom. The van der Waals surface area contributed by atoms with Gasteiger partial charge in [-0.05, 0) is 67.9 Å². The SMILES string of the molecule is Cc1cc(/C=N\NC(=O)c2ccc(N(Cc3ccccc3)S(C)(=O)=O)cc2)c(C)n1-c1cccc(Cl)c1. The average molecular weight is 535 g/mol. The molecule has 4 aromatic rings. The van der Waals surface area contributed by atoms with Crippen molar-refractivity contribution in [1.82, 2.24) is 9.99 Å². The topological polar surface area (TPSA) is 83.8 Å². The first kappa shape index (κ1) is 26.2. The number of nitrogens with zero attached hydrogens (tertiary/aromatic N) is 3. The fourth-order valence-electron chi connectivity index (χ4n) is 4.08. The second-order valence-electron chi connectivity index (χ2n) is 8.64. The third-order valence-corrected chi connectivity index (χ3v) is 7.27. The van der Waals surface area contributed by atoms with Crippen LogP contribution in [0.25, 0.3) is 5.69 Å². The first-order valence-corrected chi connectivity index (χ1v) is 13.8. The minimum atomic E-state index is -3.52. The van der Waals surface area contributed by atoms with Gasteiger partial charge >= 0.3 is 0 Å². The van der Waals surface area contributed by atoms with E-state index in [2.05, 4.69) is 15.1 Å². The van der Waals surface area contributed by atoms with Crippen LogP contribution in [-0.2, 0) is 16.6 Å². The van der Waals surface area contributed by atoms with Gasteiger partial charge in [-0.15, -0.1) is 0 Å². The summed E-state index contributed by atoms with van der Waals surface area (Å²) in [4.78, 5) is 12.6. The van der Waals surface area contributed by atoms with Crippen LogP contribution in [0.5, 0.6) is 0 Å². The third-order valence-electron chi connectivity index (χ3n) is 5.89. The number of amides is 1. The monoisotopic (exact) mass is 534 g/mol. The van der Waals surface area contributed by atoms with Gasteiger partial charge in [-0.1, -0.05) is 48.0 Å². The molecule has 0 unspecified atom stereocenters. The van der Waals surface area contributed by atoms with E-state index in [4.69, 9.17) is 11.6 Å². The van der Waals surface area contributed by atoms with Crippen LogP contribution >= 0.6 is 11.6 Å². The highest BCUT2D eigenvalue weighted by Crippen LogP contribution is 2.23. The van der Waals surface area contributed by atoms with Gasteiger partial charge in [-0.3, -0.25) is 9.10 Å². The quantitative estimate of drug-likeness (QED) is 0.240. The number of nitrogens with one attached hydrogen (secondary N) is 1. The van der Waals surface area contributed by atoms with E-state index >= 15 is 0 Å². The summed E-state index contributed by atoms with van der Waals surface area (Å²) in [5.41, 5.74) is 8.00. The minimum Gasteiger partial charge on any atom is -0.318 e. The number of aromatic nitrogens is 1. The van der Waals surface area contributed by atoms with E-state index in [-0.39, 0.29) is 6.54 Å². The van der Waals surface area contributed by atoms with Gasteiger partial charge in [0.2, 0.25) is 10.0 Å². The highest BCUT2D eigenvalue weighted by atomic mass is 35.5. The van der Waals surface area contributed by atoms with Gasteiger partial charge < -0.3 is 4.57 Å². The number of benzene rings is 3. The second kappa shape index (κ2) is 11.0. The lowest BCUT2D eigenvalue weighted by Gasteiger charge is -2.22. The van der Waals surface area contributed by atoms with Gasteiger partial charge in [0.1, 0.15) is 0 Å². The van der Waals surface area contributed by atoms with Crippen molar-refractivity contribution >= 4 is 39.4 Å². The standard InChI is InChI=1S/C28H27ClN4O3S/c1-20-16-24(21(2)33(20)27-11-7-10-25(29)17-27)18-30-31-28(34)23-12-14-26(15-13-23)32(37(3,35)36)19-22-8-5-4-6-9-22/h4-18H,19H2,1-3H3,(H,31,34)/b30-18-. The molecule has 9 heteroatoms. The number of hydrogen-bond acceptors (Lipinski definition) is 4. The lowest BCUT2D eigenvalue weighted by Crippen LogP contribution is -2.29. The van der Waals surface area contributed by atoms with Crippen LogP contribution in [0.3, 0.4) is 0 Å². The first-order chi connectivity index (χ1) is 17.6. The van der Waals surface area contributed by atoms with Crippen molar-refractivity contribution in [3.63, 3.8) is 0 Å². The molecule has 0 spiro atoms. The van der Waals surface area contributed by atoms with Gasteiger partial charge in [-0.2, -0.15) is 5.10 Å². The molecular formula is C28H27ClN4O3S. The van der Waals surface area contributed by atoms with E-state index in [1.165, 1.54) is 4.31 Å². The molecule has 0 atom stereocenters. The van der Waals surface area contributed by atoms with Crippen molar-refractivity contribution in [2.24, 2.45) is 5.10 Å². The summed E-state index contributed by atoms with van der Waals surface area (Å²) in [6.07, 6.45) is 2.76. The van der Waals surface area contributed by atoms with E-state index in [9.17, 15) is 13.2 Å². The summed E-state index contributed by atoms with van der Waals surface area (Å²) in [7, 11) is -3.52. The van der Waals surface area contributed by atoms with Crippen LogP contribution in [0, 0.1) is 13.8 Å². The Hall–Kier alpha value is -3.88. The van der Waals surface area contributed by atoms with Crippen molar-refractivity contribution in [3.05, 3.63) is 118 Å². The Balaban J connectivity index is 1.46. The van der Waals surface area contributed by atoms with Gasteiger partial charge in [-0.25, -0.2) is 13.8 Å². The van der Waals surface area contributed by atoms with Crippen LogP contribution in [0.2, 0.25) is 5.02 Å². The molecule has 4 rings (SSSR count). The van der Waals surface area contributed by atoms with Crippen LogP contribution < -0.4 is 9.73 Å². The van der Waals surface area contributed by atoms with Crippen molar-refractivity contribution in [2.75, 3.05) is 10.6 Å². The zero-order valence-electron chi connectivity index (χ0n) is 20.7. The molecular weight excluding hydrogens is 508 g/mol. The number of carbonyl (C=O) groups is 1. The number of rotatable bonds is 8. The molecule has 0 saturated heterocycles. The van der Waals surface area contributed by atoms with E-state index in [0.29, 0.717) is 16.3 Å². The second-order valence-corrected chi connectivity index (χ2v) is 11.0. The van der Waals surface area contributed by atoms with E-state index in [1.807, 2.05) is 74.5 Å². The van der Waals surface area contributed by atoms with Gasteiger partial charge in [0.25, 0.3) is 5.91 Å². The largest absolute Gasteiger partial charge is 0.318 e. The number of anilines is 1. The number of halogens is 1. The molecule has 1 amide bonds. The van der Waals surface area contributed by atoms with E-state index in [1.54, 1.807) is 30.5 Å². The maximum absolute atomic E-state index is 12.6. The zero-order valence-corrected chi connectivity index (χ0v) is 22.3. The number of aryl methyl sites for hydroxylation is 1. The summed E-state index contributed by atoms with van der Waals surface area (Å²) in [6.45, 7) is 4.16. The van der Waals surface area contributed by atoms with E-state index < -0.39 is 15.9 Å². The summed E-state index contributed by atoms with van der Waals surface area (Å²) >= 11 is 6.15. The summed E-state index contributed by atoms with van der Waals surface area (Å²) in [6, 6.07) is 25.3. The maximum atomic E-state index is 12.6. The Morgan fingerprint density at radius 3 is 2.35 bits per heavy atom. The Kier molecular flexibility index (Phi) is 7.80. The molecule has 1 aromatic heterocycles. The molecule has 1 N–H and O–H groups in total. The lowest BCUT2D eigenvalue weighted by atomic mass is 10.2. The molecule has 0 bridgehead atoms. The van der Waals surface area contributed by atoms with Crippen molar-refractivity contribution in [2.45, 2.75) is 20.4 Å². The highest BCUT2D eigenvalue weighted by Gasteiger charge is 2.18. The first-order valence-electron chi connectivity index (χ1n) is 11.5. The molecule has 190 valence electrons. The molecule has 0 aliphatic heterocycles. The number of hydrazone groups is 1. The smallest absolute Gasteiger partial charge is 0.271 e. The summed E-state index contributed by atoms with van der Waals surface area (Å²) in [5.74, 6) is -0.402. The molecule has 0 aliphatic rings. The Morgan fingerprint density at radius 2 is 1.70 bits per heavy atom. The van der Waals surface area contributed by atoms with Gasteiger partial charge in [0.15, 0.2) is 0 Å². The zero-order chi connectivity index (χ0) is 26.6. The van der Waals surface area contributed by atoms with Crippen molar-refractivity contribution in [3.8, 4) is 5.69 Å². The molecule has 0 radical (unpaired) electrons. The summed E-state index contributed by atoms with van der Waals surface area (Å²) in [5, 5.41) is 4.78. The maximum Gasteiger partial charge on any atom is 0.271 e. The lowest BCUT2D eigenvalue weighted by molar-refractivity contribution is 0.0955. The normalized spacial score (nSPS) is 11.6. The Labute approximate surface area is 222 Å². The average Bonchev–Trinajstić information content (AvgIpc) is 3.15. The van der Waals surface area contributed by atoms with Gasteiger partial charge in [0, 0.05) is 33.2 Å². The van der Waals surface area contributed by atoms with Gasteiger partial charge in [0.05, 0.1) is 24.7 Å². The highest BCUT2D eigenvalue weighted by molar-refractivity contribution is 7.92. The van der Waals surface area contributed by atoms with Crippen LogP contribution in [-0.4, -0.2) is 31.4 Å². The number of sulfonamides is 1. The molecule has 0 fully saturated rings. The van der Waals surface area contributed by atoms with Crippen LogP contribution in [0.15, 0.2) is 90.0 Å². The fraction of sp³-hybridized carbons (Fsp3) is 0.143. The molecule has 3 aromatic carbocycles. The molecule has 7 nitrogen and oxygen atoms in total. The predicted octanol–water partition coefficient (Wildman–Crippen LogP) is 5.48. The third kappa shape index (κ3) is 6.28. The molecule has 0 saturated carbocycles. The van der Waals surface area contributed by atoms with E-state index in [0.717, 1.165) is 34.5 Å². The molecule has 0 aliphatic carbocycles.